The molecule has 2 N–H and O–H groups in total. The lowest BCUT2D eigenvalue weighted by Crippen LogP contribution is -2.24. The van der Waals surface area contributed by atoms with Crippen LogP contribution in [0.15, 0.2) is 91.0 Å². The van der Waals surface area contributed by atoms with E-state index in [1.165, 1.54) is 33.4 Å². The number of aryl methyl sites for hydroxylation is 1. The van der Waals surface area contributed by atoms with Gasteiger partial charge in [-0.1, -0.05) is 107 Å². The van der Waals surface area contributed by atoms with Crippen LogP contribution in [-0.4, -0.2) is 10.2 Å². The van der Waals surface area contributed by atoms with E-state index in [0.29, 0.717) is 0 Å². The molecule has 180 valence electrons. The maximum Gasteiger partial charge on any atom is 0.115 e. The SMILES string of the molecule is Cc1ccc(C(C)(C)c2cc(C(C)c3ccc(O)cc3)cc(C(C)(C)c3ccc(O)cc3)c2)cc1. The van der Waals surface area contributed by atoms with Crippen LogP contribution in [0.4, 0.5) is 0 Å². The van der Waals surface area contributed by atoms with Crippen LogP contribution in [-0.2, 0) is 10.8 Å². The molecule has 2 nitrogen and oxygen atoms in total. The van der Waals surface area contributed by atoms with Crippen LogP contribution >= 0.6 is 0 Å². The highest BCUT2D eigenvalue weighted by atomic mass is 16.3. The molecular formula is C33H36O2. The van der Waals surface area contributed by atoms with Gasteiger partial charge in [0.25, 0.3) is 0 Å². The first kappa shape index (κ1) is 24.6. The Morgan fingerprint density at radius 1 is 0.514 bits per heavy atom. The Morgan fingerprint density at radius 3 is 1.37 bits per heavy atom. The zero-order valence-electron chi connectivity index (χ0n) is 21.6. The standard InChI is InChI=1S/C33H36O2/c1-22-7-11-26(12-8-22)32(3,4)28-19-25(23(2)24-9-15-30(34)16-10-24)20-29(21-28)33(5,6)27-13-17-31(35)18-14-27/h7-21,23,34-35H,1-6H3. The fourth-order valence-corrected chi connectivity index (χ4v) is 4.76. The lowest BCUT2D eigenvalue weighted by atomic mass is 9.71. The third-order valence-electron chi connectivity index (χ3n) is 7.65. The van der Waals surface area contributed by atoms with Gasteiger partial charge in [-0.05, 0) is 64.6 Å². The second-order valence-corrected chi connectivity index (χ2v) is 10.8. The Hall–Kier alpha value is -3.52. The lowest BCUT2D eigenvalue weighted by molar-refractivity contribution is 0.474. The summed E-state index contributed by atoms with van der Waals surface area (Å²) in [5.74, 6) is 0.725. The molecule has 0 heterocycles. The third kappa shape index (κ3) is 4.98. The van der Waals surface area contributed by atoms with Crippen LogP contribution in [0, 0.1) is 6.92 Å². The van der Waals surface area contributed by atoms with Crippen LogP contribution in [0.3, 0.4) is 0 Å². The number of aromatic hydroxyl groups is 2. The van der Waals surface area contributed by atoms with Crippen molar-refractivity contribution in [3.63, 3.8) is 0 Å². The minimum Gasteiger partial charge on any atom is -0.508 e. The van der Waals surface area contributed by atoms with Gasteiger partial charge >= 0.3 is 0 Å². The predicted octanol–water partition coefficient (Wildman–Crippen LogP) is 8.21. The second kappa shape index (κ2) is 9.26. The molecule has 0 saturated heterocycles. The molecule has 1 atom stereocenters. The van der Waals surface area contributed by atoms with E-state index in [1.54, 1.807) is 24.3 Å². The van der Waals surface area contributed by atoms with Crippen LogP contribution in [0.2, 0.25) is 0 Å². The summed E-state index contributed by atoms with van der Waals surface area (Å²) in [6, 6.07) is 30.9. The highest BCUT2D eigenvalue weighted by molar-refractivity contribution is 5.49. The molecule has 0 amide bonds. The molecule has 0 spiro atoms. The molecule has 0 aliphatic heterocycles. The van der Waals surface area contributed by atoms with Gasteiger partial charge in [0.05, 0.1) is 0 Å². The Balaban J connectivity index is 1.88. The van der Waals surface area contributed by atoms with E-state index in [1.807, 2.05) is 24.3 Å². The van der Waals surface area contributed by atoms with Gasteiger partial charge in [0, 0.05) is 16.7 Å². The van der Waals surface area contributed by atoms with E-state index in [0.717, 1.165) is 5.56 Å². The quantitative estimate of drug-likeness (QED) is 0.302. The molecule has 0 aliphatic rings. The van der Waals surface area contributed by atoms with Crippen molar-refractivity contribution in [2.75, 3.05) is 0 Å². The number of benzene rings is 4. The topological polar surface area (TPSA) is 40.5 Å². The van der Waals surface area contributed by atoms with Crippen LogP contribution in [0.5, 0.6) is 11.5 Å². The normalized spacial score (nSPS) is 13.0. The number of rotatable bonds is 6. The first-order valence-corrected chi connectivity index (χ1v) is 12.3. The van der Waals surface area contributed by atoms with Crippen molar-refractivity contribution in [3.8, 4) is 11.5 Å². The molecule has 4 rings (SSSR count). The molecule has 0 aromatic heterocycles. The smallest absolute Gasteiger partial charge is 0.115 e. The molecule has 0 fully saturated rings. The van der Waals surface area contributed by atoms with E-state index in [-0.39, 0.29) is 28.2 Å². The summed E-state index contributed by atoms with van der Waals surface area (Å²) in [6.07, 6.45) is 0. The minimum atomic E-state index is -0.253. The average Bonchev–Trinajstić information content (AvgIpc) is 2.84. The zero-order chi connectivity index (χ0) is 25.4. The highest BCUT2D eigenvalue weighted by Gasteiger charge is 2.29. The molecule has 1 unspecified atom stereocenters. The molecule has 4 aromatic carbocycles. The van der Waals surface area contributed by atoms with Crippen molar-refractivity contribution >= 4 is 0 Å². The minimum absolute atomic E-state index is 0.165. The van der Waals surface area contributed by atoms with E-state index in [2.05, 4.69) is 84.0 Å². The summed E-state index contributed by atoms with van der Waals surface area (Å²) >= 11 is 0. The van der Waals surface area contributed by atoms with Crippen molar-refractivity contribution in [3.05, 3.63) is 130 Å². The molecule has 0 saturated carbocycles. The van der Waals surface area contributed by atoms with E-state index in [4.69, 9.17) is 0 Å². The molecule has 0 radical (unpaired) electrons. The van der Waals surface area contributed by atoms with Gasteiger partial charge in [-0.3, -0.25) is 0 Å². The summed E-state index contributed by atoms with van der Waals surface area (Å²) in [5, 5.41) is 19.6. The second-order valence-electron chi connectivity index (χ2n) is 10.8. The third-order valence-corrected chi connectivity index (χ3v) is 7.65. The van der Waals surface area contributed by atoms with Gasteiger partial charge in [0.2, 0.25) is 0 Å². The van der Waals surface area contributed by atoms with Crippen molar-refractivity contribution in [2.24, 2.45) is 0 Å². The van der Waals surface area contributed by atoms with Gasteiger partial charge in [-0.2, -0.15) is 0 Å². The summed E-state index contributed by atoms with van der Waals surface area (Å²) < 4.78 is 0. The maximum atomic E-state index is 9.83. The van der Waals surface area contributed by atoms with Crippen LogP contribution in [0.25, 0.3) is 0 Å². The molecular weight excluding hydrogens is 428 g/mol. The van der Waals surface area contributed by atoms with Gasteiger partial charge in [0.1, 0.15) is 11.5 Å². The average molecular weight is 465 g/mol. The fourth-order valence-electron chi connectivity index (χ4n) is 4.76. The molecule has 4 aromatic rings. The lowest BCUT2D eigenvalue weighted by Gasteiger charge is -2.32. The van der Waals surface area contributed by atoms with Gasteiger partial charge < -0.3 is 10.2 Å². The number of phenols is 2. The predicted molar refractivity (Wildman–Crippen MR) is 146 cm³/mol. The molecule has 0 bridgehead atoms. The number of hydrogen-bond acceptors (Lipinski definition) is 2. The van der Waals surface area contributed by atoms with Crippen LogP contribution < -0.4 is 0 Å². The van der Waals surface area contributed by atoms with Gasteiger partial charge in [-0.25, -0.2) is 0 Å². The number of phenolic OH excluding ortho intramolecular Hbond substituents is 2. The fraction of sp³-hybridized carbons (Fsp3) is 0.273. The maximum absolute atomic E-state index is 9.83. The van der Waals surface area contributed by atoms with Gasteiger partial charge in [-0.15, -0.1) is 0 Å². The molecule has 2 heteroatoms. The van der Waals surface area contributed by atoms with Crippen LogP contribution in [0.1, 0.15) is 79.5 Å². The van der Waals surface area contributed by atoms with E-state index in [9.17, 15) is 10.2 Å². The first-order chi connectivity index (χ1) is 16.5. The Kier molecular flexibility index (Phi) is 6.51. The zero-order valence-corrected chi connectivity index (χ0v) is 21.6. The van der Waals surface area contributed by atoms with E-state index < -0.39 is 0 Å². The van der Waals surface area contributed by atoms with Gasteiger partial charge in [0.15, 0.2) is 0 Å². The Morgan fingerprint density at radius 2 is 0.914 bits per heavy atom. The largest absolute Gasteiger partial charge is 0.508 e. The number of hydrogen-bond donors (Lipinski definition) is 2. The van der Waals surface area contributed by atoms with Crippen molar-refractivity contribution < 1.29 is 10.2 Å². The summed E-state index contributed by atoms with van der Waals surface area (Å²) in [4.78, 5) is 0. The summed E-state index contributed by atoms with van der Waals surface area (Å²) in [5.41, 5.74) is 8.18. The molecule has 0 aliphatic carbocycles. The van der Waals surface area contributed by atoms with Crippen molar-refractivity contribution in [1.29, 1.82) is 0 Å². The van der Waals surface area contributed by atoms with Crippen molar-refractivity contribution in [1.82, 2.24) is 0 Å². The summed E-state index contributed by atoms with van der Waals surface area (Å²) in [6.45, 7) is 13.4. The molecule has 35 heavy (non-hydrogen) atoms. The Labute approximate surface area is 209 Å². The first-order valence-electron chi connectivity index (χ1n) is 12.3. The highest BCUT2D eigenvalue weighted by Crippen LogP contribution is 2.40. The van der Waals surface area contributed by atoms with E-state index >= 15 is 0 Å². The summed E-state index contributed by atoms with van der Waals surface area (Å²) in [7, 11) is 0. The monoisotopic (exact) mass is 464 g/mol. The Bertz CT molecular complexity index is 1220. The van der Waals surface area contributed by atoms with Crippen molar-refractivity contribution in [2.45, 2.75) is 58.3 Å².